The van der Waals surface area contributed by atoms with Crippen molar-refractivity contribution in [1.29, 1.82) is 0 Å². The standard InChI is InChI=1S/C18H18FN3.2ClH/c1-21-9-6-18-16(12-21)15-10-14(19)2-3-17(15)22(18)11-13-4-7-20-8-5-13;;/h2-5,7-8,10H,6,9,11-12H2,1H3;2*1H. The van der Waals surface area contributed by atoms with Crippen molar-refractivity contribution < 1.29 is 4.39 Å². The van der Waals surface area contributed by atoms with Gasteiger partial charge in [0.2, 0.25) is 0 Å². The van der Waals surface area contributed by atoms with Crippen molar-refractivity contribution >= 4 is 35.7 Å². The maximum atomic E-state index is 13.7. The Morgan fingerprint density at radius 1 is 1.12 bits per heavy atom. The smallest absolute Gasteiger partial charge is 0.123 e. The number of pyridine rings is 1. The predicted octanol–water partition coefficient (Wildman–Crippen LogP) is 4.06. The Labute approximate surface area is 153 Å². The average Bonchev–Trinajstić information content (AvgIpc) is 2.81. The molecule has 0 N–H and O–H groups in total. The van der Waals surface area contributed by atoms with Crippen LogP contribution in [0.4, 0.5) is 4.39 Å². The molecule has 2 aromatic heterocycles. The van der Waals surface area contributed by atoms with Gasteiger partial charge in [-0.1, -0.05) is 0 Å². The van der Waals surface area contributed by atoms with Crippen LogP contribution < -0.4 is 0 Å². The fourth-order valence-electron chi connectivity index (χ4n) is 3.41. The fourth-order valence-corrected chi connectivity index (χ4v) is 3.41. The number of benzene rings is 1. The molecule has 128 valence electrons. The number of aromatic nitrogens is 2. The molecule has 1 aliphatic rings. The van der Waals surface area contributed by atoms with Crippen molar-refractivity contribution in [2.45, 2.75) is 19.5 Å². The van der Waals surface area contributed by atoms with Gasteiger partial charge in [0.25, 0.3) is 0 Å². The van der Waals surface area contributed by atoms with Gasteiger partial charge in [0.1, 0.15) is 5.82 Å². The minimum absolute atomic E-state index is 0. The maximum Gasteiger partial charge on any atom is 0.123 e. The van der Waals surface area contributed by atoms with Crippen LogP contribution in [0.15, 0.2) is 42.7 Å². The molecule has 0 saturated carbocycles. The highest BCUT2D eigenvalue weighted by Crippen LogP contribution is 2.31. The number of fused-ring (bicyclic) bond motifs is 3. The third-order valence-electron chi connectivity index (χ3n) is 4.50. The highest BCUT2D eigenvalue weighted by molar-refractivity contribution is 5.86. The second kappa shape index (κ2) is 7.51. The minimum atomic E-state index is -0.162. The molecule has 4 rings (SSSR count). The Balaban J connectivity index is 0.00000104. The Bertz CT molecular complexity index is 833. The molecule has 0 amide bonds. The Hall–Kier alpha value is -1.62. The summed E-state index contributed by atoms with van der Waals surface area (Å²) in [6, 6.07) is 9.22. The van der Waals surface area contributed by atoms with Crippen molar-refractivity contribution in [3.05, 3.63) is 65.4 Å². The SMILES string of the molecule is CN1CCc2c(c3cc(F)ccc3n2Cc2ccncc2)C1.Cl.Cl. The monoisotopic (exact) mass is 367 g/mol. The Morgan fingerprint density at radius 3 is 2.62 bits per heavy atom. The lowest BCUT2D eigenvalue weighted by Gasteiger charge is -2.24. The van der Waals surface area contributed by atoms with Crippen LogP contribution in [0.2, 0.25) is 0 Å². The van der Waals surface area contributed by atoms with Crippen LogP contribution in [-0.4, -0.2) is 28.0 Å². The van der Waals surface area contributed by atoms with E-state index >= 15 is 0 Å². The van der Waals surface area contributed by atoms with E-state index in [1.54, 1.807) is 12.1 Å². The van der Waals surface area contributed by atoms with Crippen LogP contribution in [0.1, 0.15) is 16.8 Å². The zero-order chi connectivity index (χ0) is 15.1. The molecule has 0 bridgehead atoms. The largest absolute Gasteiger partial charge is 0.340 e. The van der Waals surface area contributed by atoms with Crippen LogP contribution in [0.25, 0.3) is 10.9 Å². The predicted molar refractivity (Wildman–Crippen MR) is 99.8 cm³/mol. The zero-order valence-corrected chi connectivity index (χ0v) is 15.0. The van der Waals surface area contributed by atoms with Gasteiger partial charge in [-0.25, -0.2) is 4.39 Å². The quantitative estimate of drug-likeness (QED) is 0.680. The van der Waals surface area contributed by atoms with Gasteiger partial charge in [-0.05, 0) is 48.5 Å². The molecule has 1 aromatic carbocycles. The lowest BCUT2D eigenvalue weighted by Crippen LogP contribution is -2.27. The van der Waals surface area contributed by atoms with Crippen molar-refractivity contribution in [2.24, 2.45) is 0 Å². The number of hydrogen-bond donors (Lipinski definition) is 0. The van der Waals surface area contributed by atoms with Crippen LogP contribution >= 0.6 is 24.8 Å². The molecule has 0 radical (unpaired) electrons. The van der Waals surface area contributed by atoms with Gasteiger partial charge in [0.15, 0.2) is 0 Å². The summed E-state index contributed by atoms with van der Waals surface area (Å²) in [4.78, 5) is 6.38. The molecule has 0 fully saturated rings. The summed E-state index contributed by atoms with van der Waals surface area (Å²) in [5.74, 6) is -0.162. The first kappa shape index (κ1) is 18.7. The summed E-state index contributed by atoms with van der Waals surface area (Å²) in [7, 11) is 2.12. The third-order valence-corrected chi connectivity index (χ3v) is 4.50. The summed E-state index contributed by atoms with van der Waals surface area (Å²) in [5.41, 5.74) is 4.96. The summed E-state index contributed by atoms with van der Waals surface area (Å²) >= 11 is 0. The minimum Gasteiger partial charge on any atom is -0.340 e. The molecule has 0 saturated heterocycles. The van der Waals surface area contributed by atoms with Gasteiger partial charge in [-0.3, -0.25) is 4.98 Å². The van der Waals surface area contributed by atoms with E-state index in [1.807, 2.05) is 30.6 Å². The van der Waals surface area contributed by atoms with E-state index < -0.39 is 0 Å². The number of likely N-dealkylation sites (N-methyl/N-ethyl adjacent to an activating group) is 1. The third kappa shape index (κ3) is 3.27. The van der Waals surface area contributed by atoms with Gasteiger partial charge in [-0.15, -0.1) is 24.8 Å². The van der Waals surface area contributed by atoms with Gasteiger partial charge in [-0.2, -0.15) is 0 Å². The van der Waals surface area contributed by atoms with E-state index in [-0.39, 0.29) is 30.6 Å². The second-order valence-electron chi connectivity index (χ2n) is 6.02. The molecular formula is C18H20Cl2FN3. The average molecular weight is 368 g/mol. The van der Waals surface area contributed by atoms with Crippen LogP contribution in [0.3, 0.4) is 0 Å². The molecule has 1 aliphatic heterocycles. The van der Waals surface area contributed by atoms with E-state index in [1.165, 1.54) is 16.8 Å². The van der Waals surface area contributed by atoms with Crippen LogP contribution in [0.5, 0.6) is 0 Å². The fraction of sp³-hybridized carbons (Fsp3) is 0.278. The molecule has 6 heteroatoms. The van der Waals surface area contributed by atoms with Crippen molar-refractivity contribution in [2.75, 3.05) is 13.6 Å². The number of halogens is 3. The normalized spacial score (nSPS) is 13.9. The molecular weight excluding hydrogens is 348 g/mol. The summed E-state index contributed by atoms with van der Waals surface area (Å²) in [6.45, 7) is 2.74. The van der Waals surface area contributed by atoms with Gasteiger partial charge in [0, 0.05) is 55.0 Å². The van der Waals surface area contributed by atoms with Crippen LogP contribution in [0, 0.1) is 5.82 Å². The topological polar surface area (TPSA) is 21.1 Å². The van der Waals surface area contributed by atoms with Crippen molar-refractivity contribution in [3.63, 3.8) is 0 Å². The number of nitrogens with zero attached hydrogens (tertiary/aromatic N) is 3. The Kier molecular flexibility index (Phi) is 5.86. The van der Waals surface area contributed by atoms with Gasteiger partial charge in [0.05, 0.1) is 0 Å². The van der Waals surface area contributed by atoms with Crippen LogP contribution in [-0.2, 0) is 19.5 Å². The number of hydrogen-bond acceptors (Lipinski definition) is 2. The van der Waals surface area contributed by atoms with E-state index in [0.29, 0.717) is 0 Å². The summed E-state index contributed by atoms with van der Waals surface area (Å²) < 4.78 is 16.0. The van der Waals surface area contributed by atoms with E-state index in [2.05, 4.69) is 21.5 Å². The molecule has 3 heterocycles. The summed E-state index contributed by atoms with van der Waals surface area (Å²) in [5, 5.41) is 1.05. The molecule has 3 aromatic rings. The lowest BCUT2D eigenvalue weighted by molar-refractivity contribution is 0.310. The van der Waals surface area contributed by atoms with Gasteiger partial charge >= 0.3 is 0 Å². The zero-order valence-electron chi connectivity index (χ0n) is 13.4. The molecule has 0 atom stereocenters. The maximum absolute atomic E-state index is 13.7. The van der Waals surface area contributed by atoms with Crippen molar-refractivity contribution in [3.8, 4) is 0 Å². The highest BCUT2D eigenvalue weighted by Gasteiger charge is 2.22. The molecule has 0 aliphatic carbocycles. The first-order valence-corrected chi connectivity index (χ1v) is 7.59. The van der Waals surface area contributed by atoms with E-state index in [9.17, 15) is 4.39 Å². The first-order chi connectivity index (χ1) is 10.7. The van der Waals surface area contributed by atoms with Crippen molar-refractivity contribution in [1.82, 2.24) is 14.5 Å². The molecule has 24 heavy (non-hydrogen) atoms. The summed E-state index contributed by atoms with van der Waals surface area (Å²) in [6.07, 6.45) is 4.65. The second-order valence-corrected chi connectivity index (χ2v) is 6.02. The van der Waals surface area contributed by atoms with E-state index in [0.717, 1.165) is 37.0 Å². The number of rotatable bonds is 2. The first-order valence-electron chi connectivity index (χ1n) is 7.59. The molecule has 0 spiro atoms. The molecule has 3 nitrogen and oxygen atoms in total. The van der Waals surface area contributed by atoms with E-state index in [4.69, 9.17) is 0 Å². The highest BCUT2D eigenvalue weighted by atomic mass is 35.5. The Morgan fingerprint density at radius 2 is 1.88 bits per heavy atom. The molecule has 0 unspecified atom stereocenters. The van der Waals surface area contributed by atoms with Gasteiger partial charge < -0.3 is 9.47 Å². The lowest BCUT2D eigenvalue weighted by atomic mass is 10.0.